The average molecular weight is 252 g/mol. The van der Waals surface area contributed by atoms with Crippen LogP contribution in [-0.2, 0) is 9.53 Å². The lowest BCUT2D eigenvalue weighted by atomic mass is 10.1. The zero-order valence-electron chi connectivity index (χ0n) is 8.37. The lowest BCUT2D eigenvalue weighted by molar-refractivity contribution is -0.225. The number of hydrogen-bond donors (Lipinski definition) is 1. The summed E-state index contributed by atoms with van der Waals surface area (Å²) in [5, 5.41) is 8.26. The minimum atomic E-state index is -4.80. The number of halogens is 4. The van der Waals surface area contributed by atoms with E-state index in [1.165, 1.54) is 0 Å². The molecule has 0 unspecified atom stereocenters. The summed E-state index contributed by atoms with van der Waals surface area (Å²) >= 11 is 0. The van der Waals surface area contributed by atoms with E-state index in [-0.39, 0.29) is 0 Å². The minimum Gasteiger partial charge on any atom is -0.480 e. The molecule has 0 radical (unpaired) electrons. The molecule has 0 saturated carbocycles. The van der Waals surface area contributed by atoms with Crippen molar-refractivity contribution in [3.8, 4) is 0 Å². The number of benzene rings is 1. The number of rotatable bonds is 4. The van der Waals surface area contributed by atoms with Gasteiger partial charge in [-0.3, -0.25) is 0 Å². The van der Waals surface area contributed by atoms with Crippen molar-refractivity contribution >= 4 is 5.97 Å². The number of aliphatic carboxylic acids is 1. The first kappa shape index (κ1) is 13.4. The molecule has 0 fully saturated rings. The highest BCUT2D eigenvalue weighted by molar-refractivity contribution is 5.68. The van der Waals surface area contributed by atoms with Crippen LogP contribution in [0.1, 0.15) is 11.7 Å². The predicted molar refractivity (Wildman–Crippen MR) is 48.8 cm³/mol. The highest BCUT2D eigenvalue weighted by Gasteiger charge is 2.42. The summed E-state index contributed by atoms with van der Waals surface area (Å²) in [6, 6.07) is 3.74. The molecule has 0 bridgehead atoms. The van der Waals surface area contributed by atoms with Crippen LogP contribution >= 0.6 is 0 Å². The summed E-state index contributed by atoms with van der Waals surface area (Å²) in [7, 11) is 0. The van der Waals surface area contributed by atoms with Gasteiger partial charge in [0.15, 0.2) is 6.10 Å². The van der Waals surface area contributed by atoms with Crippen LogP contribution in [0.15, 0.2) is 24.3 Å². The second-order valence-corrected chi connectivity index (χ2v) is 3.18. The Kier molecular flexibility index (Phi) is 4.06. The van der Waals surface area contributed by atoms with E-state index in [0.717, 1.165) is 18.2 Å². The highest BCUT2D eigenvalue weighted by atomic mass is 19.4. The van der Waals surface area contributed by atoms with E-state index < -0.39 is 36.2 Å². The van der Waals surface area contributed by atoms with Crippen molar-refractivity contribution in [2.24, 2.45) is 0 Å². The molecule has 17 heavy (non-hydrogen) atoms. The zero-order chi connectivity index (χ0) is 13.1. The van der Waals surface area contributed by atoms with E-state index in [1.807, 2.05) is 0 Å². The van der Waals surface area contributed by atoms with E-state index in [1.54, 1.807) is 0 Å². The number of hydrogen-bond acceptors (Lipinski definition) is 2. The van der Waals surface area contributed by atoms with Crippen molar-refractivity contribution < 1.29 is 32.2 Å². The van der Waals surface area contributed by atoms with Crippen molar-refractivity contribution in [1.29, 1.82) is 0 Å². The van der Waals surface area contributed by atoms with Gasteiger partial charge in [0.05, 0.1) is 0 Å². The van der Waals surface area contributed by atoms with Gasteiger partial charge in [0.25, 0.3) is 0 Å². The molecule has 1 atom stereocenters. The second-order valence-electron chi connectivity index (χ2n) is 3.18. The molecule has 0 aliphatic carbocycles. The standard InChI is InChI=1S/C10H8F4O3/c11-7-3-1-2-6(4-7)9(10(12,13)14)17-5-8(15)16/h1-4,9H,5H2,(H,15,16)/t9-/m1/s1. The number of carbonyl (C=O) groups is 1. The van der Waals surface area contributed by atoms with Crippen molar-refractivity contribution in [3.63, 3.8) is 0 Å². The second kappa shape index (κ2) is 5.13. The van der Waals surface area contributed by atoms with Crippen LogP contribution in [0.5, 0.6) is 0 Å². The molecular formula is C10H8F4O3. The van der Waals surface area contributed by atoms with Crippen LogP contribution in [0.4, 0.5) is 17.6 Å². The van der Waals surface area contributed by atoms with Crippen molar-refractivity contribution in [2.45, 2.75) is 12.3 Å². The van der Waals surface area contributed by atoms with Gasteiger partial charge >= 0.3 is 12.1 Å². The molecule has 1 N–H and O–H groups in total. The van der Waals surface area contributed by atoms with Crippen LogP contribution < -0.4 is 0 Å². The number of ether oxygens (including phenoxy) is 1. The van der Waals surface area contributed by atoms with Gasteiger partial charge in [0.1, 0.15) is 12.4 Å². The molecular weight excluding hydrogens is 244 g/mol. The predicted octanol–water partition coefficient (Wildman–Crippen LogP) is 2.53. The van der Waals surface area contributed by atoms with E-state index in [9.17, 15) is 22.4 Å². The van der Waals surface area contributed by atoms with Crippen LogP contribution in [0, 0.1) is 5.82 Å². The summed E-state index contributed by atoms with van der Waals surface area (Å²) in [5.41, 5.74) is -0.473. The molecule has 0 amide bonds. The molecule has 0 aliphatic heterocycles. The molecule has 0 heterocycles. The van der Waals surface area contributed by atoms with Crippen molar-refractivity contribution in [1.82, 2.24) is 0 Å². The first-order chi connectivity index (χ1) is 7.80. The molecule has 1 rings (SSSR count). The maximum absolute atomic E-state index is 12.8. The Hall–Kier alpha value is -1.63. The number of carboxylic acid groups (broad SMARTS) is 1. The van der Waals surface area contributed by atoms with Crippen LogP contribution in [-0.4, -0.2) is 23.9 Å². The number of carboxylic acids is 1. The summed E-state index contributed by atoms with van der Waals surface area (Å²) in [5.74, 6) is -2.38. The fourth-order valence-electron chi connectivity index (χ4n) is 1.20. The monoisotopic (exact) mass is 252 g/mol. The SMILES string of the molecule is O=C(O)CO[C@H](c1cccc(F)c1)C(F)(F)F. The molecule has 7 heteroatoms. The van der Waals surface area contributed by atoms with Crippen LogP contribution in [0.3, 0.4) is 0 Å². The zero-order valence-corrected chi connectivity index (χ0v) is 8.37. The Morgan fingerprint density at radius 3 is 2.53 bits per heavy atom. The topological polar surface area (TPSA) is 46.5 Å². The molecule has 1 aromatic carbocycles. The molecule has 0 aliphatic rings. The molecule has 0 spiro atoms. The van der Waals surface area contributed by atoms with E-state index in [2.05, 4.69) is 4.74 Å². The van der Waals surface area contributed by atoms with Gasteiger partial charge in [0.2, 0.25) is 0 Å². The lowest BCUT2D eigenvalue weighted by Gasteiger charge is -2.20. The molecule has 0 aromatic heterocycles. The summed E-state index contributed by atoms with van der Waals surface area (Å²) in [6.07, 6.45) is -7.25. The number of alkyl halides is 3. The fourth-order valence-corrected chi connectivity index (χ4v) is 1.20. The maximum atomic E-state index is 12.8. The average Bonchev–Trinajstić information content (AvgIpc) is 2.15. The molecule has 94 valence electrons. The molecule has 3 nitrogen and oxygen atoms in total. The van der Waals surface area contributed by atoms with Crippen LogP contribution in [0.25, 0.3) is 0 Å². The third-order valence-corrected chi connectivity index (χ3v) is 1.82. The van der Waals surface area contributed by atoms with Crippen LogP contribution in [0.2, 0.25) is 0 Å². The largest absolute Gasteiger partial charge is 0.480 e. The minimum absolute atomic E-state index is 0.473. The summed E-state index contributed by atoms with van der Waals surface area (Å²) < 4.78 is 54.6. The van der Waals surface area contributed by atoms with E-state index in [0.29, 0.717) is 6.07 Å². The van der Waals surface area contributed by atoms with Gasteiger partial charge in [-0.25, -0.2) is 9.18 Å². The summed E-state index contributed by atoms with van der Waals surface area (Å²) in [4.78, 5) is 10.2. The highest BCUT2D eigenvalue weighted by Crippen LogP contribution is 2.35. The Morgan fingerprint density at radius 2 is 2.06 bits per heavy atom. The van der Waals surface area contributed by atoms with E-state index >= 15 is 0 Å². The maximum Gasteiger partial charge on any atom is 0.418 e. The summed E-state index contributed by atoms with van der Waals surface area (Å²) in [6.45, 7) is -1.11. The molecule has 0 saturated heterocycles. The lowest BCUT2D eigenvalue weighted by Crippen LogP contribution is -2.26. The normalized spacial score (nSPS) is 13.4. The van der Waals surface area contributed by atoms with Gasteiger partial charge < -0.3 is 9.84 Å². The Balaban J connectivity index is 2.94. The molecule has 1 aromatic rings. The van der Waals surface area contributed by atoms with Crippen molar-refractivity contribution in [2.75, 3.05) is 6.61 Å². The first-order valence-corrected chi connectivity index (χ1v) is 4.46. The Morgan fingerprint density at radius 1 is 1.41 bits per heavy atom. The smallest absolute Gasteiger partial charge is 0.418 e. The van der Waals surface area contributed by atoms with Gasteiger partial charge in [-0.05, 0) is 17.7 Å². The van der Waals surface area contributed by atoms with Gasteiger partial charge in [0, 0.05) is 0 Å². The Bertz CT molecular complexity index is 403. The van der Waals surface area contributed by atoms with Gasteiger partial charge in [-0.1, -0.05) is 12.1 Å². The third-order valence-electron chi connectivity index (χ3n) is 1.82. The Labute approximate surface area is 93.6 Å². The fraction of sp³-hybridized carbons (Fsp3) is 0.300. The van der Waals surface area contributed by atoms with Gasteiger partial charge in [-0.2, -0.15) is 13.2 Å². The van der Waals surface area contributed by atoms with Gasteiger partial charge in [-0.15, -0.1) is 0 Å². The first-order valence-electron chi connectivity index (χ1n) is 4.46. The van der Waals surface area contributed by atoms with Crippen molar-refractivity contribution in [3.05, 3.63) is 35.6 Å². The van der Waals surface area contributed by atoms with E-state index in [4.69, 9.17) is 5.11 Å². The quantitative estimate of drug-likeness (QED) is 0.837. The third kappa shape index (κ3) is 4.03.